The van der Waals surface area contributed by atoms with Crippen LogP contribution in [0.25, 0.3) is 10.9 Å². The van der Waals surface area contributed by atoms with Gasteiger partial charge in [0.1, 0.15) is 0 Å². The second-order valence-corrected chi connectivity index (χ2v) is 5.87. The number of nitrogen functional groups attached to an aromatic ring is 1. The Bertz CT molecular complexity index is 589. The van der Waals surface area contributed by atoms with E-state index in [-0.39, 0.29) is 0 Å². The highest BCUT2D eigenvalue weighted by Gasteiger charge is 2.44. The van der Waals surface area contributed by atoms with Crippen molar-refractivity contribution in [3.8, 4) is 0 Å². The van der Waals surface area contributed by atoms with Gasteiger partial charge in [0.05, 0.1) is 11.2 Å². The maximum Gasteiger partial charge on any atom is 0.0953 e. The van der Waals surface area contributed by atoms with Crippen LogP contribution in [0.1, 0.15) is 20.3 Å². The molecule has 1 saturated carbocycles. The normalized spacial score (nSPS) is 20.9. The Morgan fingerprint density at radius 3 is 2.89 bits per heavy atom. The van der Waals surface area contributed by atoms with Crippen LogP contribution >= 0.6 is 0 Å². The molecule has 1 aliphatic rings. The molecular formula is C15H19N3. The Morgan fingerprint density at radius 1 is 1.39 bits per heavy atom. The number of fused-ring (bicyclic) bond motifs is 1. The molecule has 3 N–H and O–H groups in total. The first kappa shape index (κ1) is 11.3. The number of hydrogen-bond acceptors (Lipinski definition) is 3. The highest BCUT2D eigenvalue weighted by Crippen LogP contribution is 2.51. The van der Waals surface area contributed by atoms with Crippen LogP contribution in [0.4, 0.5) is 11.4 Å². The van der Waals surface area contributed by atoms with Gasteiger partial charge in [-0.1, -0.05) is 13.8 Å². The summed E-state index contributed by atoms with van der Waals surface area (Å²) >= 11 is 0. The Hall–Kier alpha value is -1.77. The summed E-state index contributed by atoms with van der Waals surface area (Å²) < 4.78 is 0. The predicted octanol–water partition coefficient (Wildman–Crippen LogP) is 3.28. The molecule has 0 aliphatic heterocycles. The summed E-state index contributed by atoms with van der Waals surface area (Å²) in [6.45, 7) is 5.65. The SMILES string of the molecule is CC1(C)CC1CNc1ccc(N)c2cccnc12. The van der Waals surface area contributed by atoms with Gasteiger partial charge in [0.2, 0.25) is 0 Å². The molecule has 0 bridgehead atoms. The largest absolute Gasteiger partial charge is 0.398 e. The zero-order chi connectivity index (χ0) is 12.8. The smallest absolute Gasteiger partial charge is 0.0953 e. The van der Waals surface area contributed by atoms with E-state index in [4.69, 9.17) is 5.73 Å². The van der Waals surface area contributed by atoms with Crippen LogP contribution in [0.2, 0.25) is 0 Å². The van der Waals surface area contributed by atoms with E-state index in [1.54, 1.807) is 0 Å². The maximum absolute atomic E-state index is 5.97. The number of nitrogens with two attached hydrogens (primary N) is 1. The van der Waals surface area contributed by atoms with Crippen molar-refractivity contribution in [1.29, 1.82) is 0 Å². The highest BCUT2D eigenvalue weighted by atomic mass is 14.9. The fourth-order valence-corrected chi connectivity index (χ4v) is 2.50. The van der Waals surface area contributed by atoms with E-state index in [2.05, 4.69) is 24.1 Å². The van der Waals surface area contributed by atoms with E-state index in [1.807, 2.05) is 30.5 Å². The van der Waals surface area contributed by atoms with Crippen molar-refractivity contribution < 1.29 is 0 Å². The maximum atomic E-state index is 5.97. The van der Waals surface area contributed by atoms with Gasteiger partial charge < -0.3 is 11.1 Å². The third-order valence-electron chi connectivity index (χ3n) is 4.06. The van der Waals surface area contributed by atoms with Crippen LogP contribution in [0, 0.1) is 11.3 Å². The first-order valence-corrected chi connectivity index (χ1v) is 6.45. The van der Waals surface area contributed by atoms with Crippen LogP contribution in [0.15, 0.2) is 30.5 Å². The van der Waals surface area contributed by atoms with Gasteiger partial charge >= 0.3 is 0 Å². The van der Waals surface area contributed by atoms with Crippen molar-refractivity contribution >= 4 is 22.3 Å². The lowest BCUT2D eigenvalue weighted by atomic mass is 10.1. The third-order valence-corrected chi connectivity index (χ3v) is 4.06. The molecule has 1 atom stereocenters. The molecule has 0 spiro atoms. The van der Waals surface area contributed by atoms with E-state index in [9.17, 15) is 0 Å². The molecule has 3 rings (SSSR count). The summed E-state index contributed by atoms with van der Waals surface area (Å²) in [5.41, 5.74) is 9.31. The van der Waals surface area contributed by atoms with Gasteiger partial charge in [0, 0.05) is 23.8 Å². The Labute approximate surface area is 107 Å². The number of benzene rings is 1. The molecule has 0 radical (unpaired) electrons. The van der Waals surface area contributed by atoms with Crippen LogP contribution in [-0.4, -0.2) is 11.5 Å². The van der Waals surface area contributed by atoms with Crippen LogP contribution in [-0.2, 0) is 0 Å². The number of hydrogen-bond donors (Lipinski definition) is 2. The highest BCUT2D eigenvalue weighted by molar-refractivity contribution is 5.98. The second kappa shape index (κ2) is 3.87. The second-order valence-electron chi connectivity index (χ2n) is 5.87. The van der Waals surface area contributed by atoms with E-state index in [1.165, 1.54) is 6.42 Å². The zero-order valence-corrected chi connectivity index (χ0v) is 10.9. The molecular weight excluding hydrogens is 222 g/mol. The molecule has 18 heavy (non-hydrogen) atoms. The lowest BCUT2D eigenvalue weighted by molar-refractivity contribution is 0.573. The number of aromatic nitrogens is 1. The third kappa shape index (κ3) is 1.90. The number of nitrogens with one attached hydrogen (secondary N) is 1. The summed E-state index contributed by atoms with van der Waals surface area (Å²) in [5, 5.41) is 4.54. The van der Waals surface area contributed by atoms with Crippen molar-refractivity contribution in [1.82, 2.24) is 4.98 Å². The molecule has 3 heteroatoms. The average Bonchev–Trinajstić information content (AvgIpc) is 2.97. The molecule has 0 amide bonds. The number of pyridine rings is 1. The standard InChI is InChI=1S/C15H19N3/c1-15(2)8-10(15)9-18-13-6-5-12(16)11-4-3-7-17-14(11)13/h3-7,10,18H,8-9,16H2,1-2H3. The minimum absolute atomic E-state index is 0.504. The molecule has 1 aromatic carbocycles. The fourth-order valence-electron chi connectivity index (χ4n) is 2.50. The molecule has 1 aliphatic carbocycles. The zero-order valence-electron chi connectivity index (χ0n) is 10.9. The minimum Gasteiger partial charge on any atom is -0.398 e. The molecule has 94 valence electrons. The lowest BCUT2D eigenvalue weighted by Gasteiger charge is -2.11. The Balaban J connectivity index is 1.86. The molecule has 1 aromatic heterocycles. The summed E-state index contributed by atoms with van der Waals surface area (Å²) in [7, 11) is 0. The average molecular weight is 241 g/mol. The summed E-state index contributed by atoms with van der Waals surface area (Å²) in [6, 6.07) is 7.92. The molecule has 2 aromatic rings. The van der Waals surface area contributed by atoms with Crippen LogP contribution < -0.4 is 11.1 Å². The molecule has 0 saturated heterocycles. The summed E-state index contributed by atoms with van der Waals surface area (Å²) in [4.78, 5) is 4.43. The molecule has 1 unspecified atom stereocenters. The predicted molar refractivity (Wildman–Crippen MR) is 76.5 cm³/mol. The van der Waals surface area contributed by atoms with Gasteiger partial charge in [0.25, 0.3) is 0 Å². The quantitative estimate of drug-likeness (QED) is 0.811. The number of nitrogens with zero attached hydrogens (tertiary/aromatic N) is 1. The van der Waals surface area contributed by atoms with Gasteiger partial charge in [-0.15, -0.1) is 0 Å². The van der Waals surface area contributed by atoms with Crippen LogP contribution in [0.5, 0.6) is 0 Å². The molecule has 3 nitrogen and oxygen atoms in total. The lowest BCUT2D eigenvalue weighted by Crippen LogP contribution is -2.08. The number of anilines is 2. The van der Waals surface area contributed by atoms with Crippen molar-refractivity contribution in [2.24, 2.45) is 11.3 Å². The van der Waals surface area contributed by atoms with E-state index in [0.717, 1.165) is 34.7 Å². The fraction of sp³-hybridized carbons (Fsp3) is 0.400. The summed E-state index contributed by atoms with van der Waals surface area (Å²) in [6.07, 6.45) is 3.12. The van der Waals surface area contributed by atoms with Crippen molar-refractivity contribution in [2.75, 3.05) is 17.6 Å². The Morgan fingerprint density at radius 2 is 2.17 bits per heavy atom. The first-order chi connectivity index (χ1) is 8.58. The van der Waals surface area contributed by atoms with Gasteiger partial charge in [-0.3, -0.25) is 4.98 Å². The van der Waals surface area contributed by atoms with Gasteiger partial charge in [-0.25, -0.2) is 0 Å². The monoisotopic (exact) mass is 241 g/mol. The van der Waals surface area contributed by atoms with E-state index < -0.39 is 0 Å². The summed E-state index contributed by atoms with van der Waals surface area (Å²) in [5.74, 6) is 0.772. The van der Waals surface area contributed by atoms with Gasteiger partial charge in [-0.2, -0.15) is 0 Å². The molecule has 1 fully saturated rings. The van der Waals surface area contributed by atoms with E-state index >= 15 is 0 Å². The van der Waals surface area contributed by atoms with Crippen molar-refractivity contribution in [2.45, 2.75) is 20.3 Å². The van der Waals surface area contributed by atoms with Crippen molar-refractivity contribution in [3.63, 3.8) is 0 Å². The van der Waals surface area contributed by atoms with Crippen LogP contribution in [0.3, 0.4) is 0 Å². The van der Waals surface area contributed by atoms with Gasteiger partial charge in [0.15, 0.2) is 0 Å². The van der Waals surface area contributed by atoms with Gasteiger partial charge in [-0.05, 0) is 42.0 Å². The first-order valence-electron chi connectivity index (χ1n) is 6.45. The number of rotatable bonds is 3. The van der Waals surface area contributed by atoms with E-state index in [0.29, 0.717) is 5.41 Å². The molecule has 1 heterocycles. The topological polar surface area (TPSA) is 50.9 Å². The van der Waals surface area contributed by atoms with Crippen molar-refractivity contribution in [3.05, 3.63) is 30.5 Å². The minimum atomic E-state index is 0.504. The Kier molecular flexibility index (Phi) is 2.44.